The molecule has 0 amide bonds. The summed E-state index contributed by atoms with van der Waals surface area (Å²) in [6.07, 6.45) is 2.04. The van der Waals surface area contributed by atoms with Gasteiger partial charge in [0.25, 0.3) is 5.89 Å². The van der Waals surface area contributed by atoms with Gasteiger partial charge >= 0.3 is 0 Å². The van der Waals surface area contributed by atoms with Gasteiger partial charge in [-0.3, -0.25) is 0 Å². The summed E-state index contributed by atoms with van der Waals surface area (Å²) in [6, 6.07) is 14.2. The second kappa shape index (κ2) is 8.76. The second-order valence-corrected chi connectivity index (χ2v) is 9.82. The van der Waals surface area contributed by atoms with Crippen LogP contribution in [0.25, 0.3) is 22.8 Å². The van der Waals surface area contributed by atoms with Crippen LogP contribution in [0.3, 0.4) is 0 Å². The monoisotopic (exact) mass is 430 g/mol. The first-order valence-corrected chi connectivity index (χ1v) is 11.2. The number of nitrogens with zero attached hydrogens (tertiary/aromatic N) is 3. The molecular formula is C26H30N4O2. The molecule has 0 unspecified atom stereocenters. The molecule has 4 rings (SSSR count). The Morgan fingerprint density at radius 3 is 2.78 bits per heavy atom. The van der Waals surface area contributed by atoms with Crippen LogP contribution in [0, 0.1) is 16.7 Å². The zero-order valence-corrected chi connectivity index (χ0v) is 19.4. The smallest absolute Gasteiger partial charge is 0.258 e. The number of nitriles is 1. The Balaban J connectivity index is 1.60. The summed E-state index contributed by atoms with van der Waals surface area (Å²) in [5.41, 5.74) is 5.00. The van der Waals surface area contributed by atoms with Crippen LogP contribution in [-0.4, -0.2) is 22.8 Å². The molecule has 6 heteroatoms. The first kappa shape index (κ1) is 22.0. The van der Waals surface area contributed by atoms with Crippen molar-refractivity contribution in [3.8, 4) is 34.7 Å². The first-order valence-electron chi connectivity index (χ1n) is 11.2. The Hall–Kier alpha value is -3.17. The predicted octanol–water partition coefficient (Wildman–Crippen LogP) is 5.69. The third-order valence-electron chi connectivity index (χ3n) is 5.53. The first-order chi connectivity index (χ1) is 15.2. The van der Waals surface area contributed by atoms with Gasteiger partial charge in [0.2, 0.25) is 5.82 Å². The molecule has 1 aliphatic carbocycles. The number of rotatable bonds is 6. The van der Waals surface area contributed by atoms with Crippen LogP contribution in [0.2, 0.25) is 0 Å². The molecule has 0 fully saturated rings. The summed E-state index contributed by atoms with van der Waals surface area (Å²) >= 11 is 0. The van der Waals surface area contributed by atoms with E-state index in [0.29, 0.717) is 34.6 Å². The maximum absolute atomic E-state index is 9.51. The molecule has 1 heterocycles. The highest BCUT2D eigenvalue weighted by atomic mass is 16.5. The summed E-state index contributed by atoms with van der Waals surface area (Å²) in [5, 5.41) is 17.5. The van der Waals surface area contributed by atoms with Crippen LogP contribution in [-0.2, 0) is 6.42 Å². The Kier molecular flexibility index (Phi) is 6.03. The fourth-order valence-electron chi connectivity index (χ4n) is 4.06. The number of ether oxygens (including phenoxy) is 1. The van der Waals surface area contributed by atoms with Crippen molar-refractivity contribution in [1.29, 1.82) is 5.26 Å². The van der Waals surface area contributed by atoms with Crippen molar-refractivity contribution in [3.63, 3.8) is 0 Å². The fourth-order valence-corrected chi connectivity index (χ4v) is 4.06. The Bertz CT molecular complexity index is 1150. The maximum Gasteiger partial charge on any atom is 0.258 e. The van der Waals surface area contributed by atoms with E-state index in [-0.39, 0.29) is 11.5 Å². The van der Waals surface area contributed by atoms with Crippen molar-refractivity contribution in [2.24, 2.45) is 5.41 Å². The van der Waals surface area contributed by atoms with Crippen LogP contribution in [0.15, 0.2) is 40.9 Å². The number of benzene rings is 2. The highest BCUT2D eigenvalue weighted by Gasteiger charge is 2.27. The largest absolute Gasteiger partial charge is 0.490 e. The number of aromatic nitrogens is 2. The van der Waals surface area contributed by atoms with Gasteiger partial charge in [-0.05, 0) is 61.4 Å². The molecule has 6 nitrogen and oxygen atoms in total. The topological polar surface area (TPSA) is 84.0 Å². The van der Waals surface area contributed by atoms with Gasteiger partial charge in [-0.2, -0.15) is 10.2 Å². The lowest BCUT2D eigenvalue weighted by Crippen LogP contribution is -2.29. The van der Waals surface area contributed by atoms with Crippen LogP contribution in [0.4, 0.5) is 0 Å². The molecule has 1 aliphatic rings. The van der Waals surface area contributed by atoms with Gasteiger partial charge < -0.3 is 14.6 Å². The molecule has 1 atom stereocenters. The average Bonchev–Trinajstić information content (AvgIpc) is 3.39. The van der Waals surface area contributed by atoms with E-state index in [2.05, 4.69) is 60.5 Å². The minimum absolute atomic E-state index is 0.00940. The van der Waals surface area contributed by atoms with Gasteiger partial charge in [-0.15, -0.1) is 0 Å². The van der Waals surface area contributed by atoms with Gasteiger partial charge in [-0.25, -0.2) is 0 Å². The highest BCUT2D eigenvalue weighted by molar-refractivity contribution is 5.67. The minimum atomic E-state index is -0.00940. The summed E-state index contributed by atoms with van der Waals surface area (Å²) in [4.78, 5) is 4.66. The van der Waals surface area contributed by atoms with E-state index in [9.17, 15) is 5.26 Å². The molecule has 3 aromatic rings. The predicted molar refractivity (Wildman–Crippen MR) is 124 cm³/mol. The van der Waals surface area contributed by atoms with Gasteiger partial charge in [0.1, 0.15) is 11.8 Å². The molecular weight excluding hydrogens is 400 g/mol. The van der Waals surface area contributed by atoms with Crippen LogP contribution < -0.4 is 10.1 Å². The SMILES string of the molecule is CC(C)Oc1ccc(-c2nc(-c3cccc4c3CC[C@H]4NCC(C)(C)C)no2)cc1C#N. The molecule has 0 bridgehead atoms. The molecule has 1 aromatic heterocycles. The van der Waals surface area contributed by atoms with Crippen molar-refractivity contribution < 1.29 is 9.26 Å². The highest BCUT2D eigenvalue weighted by Crippen LogP contribution is 2.38. The van der Waals surface area contributed by atoms with E-state index in [1.165, 1.54) is 11.1 Å². The Morgan fingerprint density at radius 2 is 2.06 bits per heavy atom. The Morgan fingerprint density at radius 1 is 1.25 bits per heavy atom. The summed E-state index contributed by atoms with van der Waals surface area (Å²) in [6.45, 7) is 11.6. The summed E-state index contributed by atoms with van der Waals surface area (Å²) < 4.78 is 11.3. The van der Waals surface area contributed by atoms with Crippen molar-refractivity contribution in [1.82, 2.24) is 15.5 Å². The second-order valence-electron chi connectivity index (χ2n) is 9.82. The fraction of sp³-hybridized carbons (Fsp3) is 0.423. The Labute approximate surface area is 189 Å². The van der Waals surface area contributed by atoms with E-state index in [0.717, 1.165) is 24.9 Å². The van der Waals surface area contributed by atoms with Crippen molar-refractivity contribution >= 4 is 0 Å². The summed E-state index contributed by atoms with van der Waals surface area (Å²) in [5.74, 6) is 1.53. The molecule has 2 aromatic carbocycles. The molecule has 1 N–H and O–H groups in total. The molecule has 166 valence electrons. The third kappa shape index (κ3) is 4.68. The number of hydrogen-bond donors (Lipinski definition) is 1. The third-order valence-corrected chi connectivity index (χ3v) is 5.53. The number of fused-ring (bicyclic) bond motifs is 1. The zero-order chi connectivity index (χ0) is 22.9. The van der Waals surface area contributed by atoms with Gasteiger partial charge in [-0.1, -0.05) is 44.1 Å². The lowest BCUT2D eigenvalue weighted by molar-refractivity contribution is 0.241. The quantitative estimate of drug-likeness (QED) is 0.541. The van der Waals surface area contributed by atoms with E-state index in [4.69, 9.17) is 9.26 Å². The van der Waals surface area contributed by atoms with Crippen molar-refractivity contribution in [2.75, 3.05) is 6.54 Å². The lowest BCUT2D eigenvalue weighted by Gasteiger charge is -2.23. The molecule has 0 spiro atoms. The zero-order valence-electron chi connectivity index (χ0n) is 19.4. The van der Waals surface area contributed by atoms with Gasteiger partial charge in [0.05, 0.1) is 11.7 Å². The average molecular weight is 431 g/mol. The van der Waals surface area contributed by atoms with E-state index < -0.39 is 0 Å². The van der Waals surface area contributed by atoms with Gasteiger partial charge in [0, 0.05) is 23.7 Å². The van der Waals surface area contributed by atoms with E-state index in [1.807, 2.05) is 19.9 Å². The molecule has 0 aliphatic heterocycles. The lowest BCUT2D eigenvalue weighted by atomic mass is 9.96. The number of nitrogens with one attached hydrogen (secondary N) is 1. The van der Waals surface area contributed by atoms with E-state index >= 15 is 0 Å². The van der Waals surface area contributed by atoms with Crippen molar-refractivity contribution in [3.05, 3.63) is 53.1 Å². The summed E-state index contributed by atoms with van der Waals surface area (Å²) in [7, 11) is 0. The normalized spacial score (nSPS) is 15.6. The molecule has 0 radical (unpaired) electrons. The van der Waals surface area contributed by atoms with Crippen molar-refractivity contribution in [2.45, 2.75) is 59.6 Å². The van der Waals surface area contributed by atoms with Crippen LogP contribution >= 0.6 is 0 Å². The maximum atomic E-state index is 9.51. The van der Waals surface area contributed by atoms with E-state index in [1.54, 1.807) is 12.1 Å². The van der Waals surface area contributed by atoms with Crippen LogP contribution in [0.5, 0.6) is 5.75 Å². The molecule has 0 saturated carbocycles. The molecule has 32 heavy (non-hydrogen) atoms. The van der Waals surface area contributed by atoms with Crippen LogP contribution in [0.1, 0.15) is 63.8 Å². The standard InChI is InChI=1S/C26H30N4O2/c1-16(2)31-23-12-9-17(13-18(23)14-27)25-29-24(30-32-25)21-8-6-7-20-19(21)10-11-22(20)28-15-26(3,4)5/h6-9,12-13,16,22,28H,10-11,15H2,1-5H3/t22-/m1/s1. The number of hydrogen-bond acceptors (Lipinski definition) is 6. The molecule has 0 saturated heterocycles. The van der Waals surface area contributed by atoms with Gasteiger partial charge in [0.15, 0.2) is 0 Å². The minimum Gasteiger partial charge on any atom is -0.490 e.